The lowest BCUT2D eigenvalue weighted by Gasteiger charge is -2.32. The topological polar surface area (TPSA) is 65.5 Å². The molecule has 2 aliphatic rings. The quantitative estimate of drug-likeness (QED) is 0.506. The third kappa shape index (κ3) is 4.67. The van der Waals surface area contributed by atoms with Crippen molar-refractivity contribution in [2.45, 2.75) is 24.2 Å². The highest BCUT2D eigenvalue weighted by Gasteiger charge is 2.35. The summed E-state index contributed by atoms with van der Waals surface area (Å²) in [6.07, 6.45) is 3.06. The fraction of sp³-hybridized carbons (Fsp3) is 0.476. The zero-order valence-electron chi connectivity index (χ0n) is 17.5. The summed E-state index contributed by atoms with van der Waals surface area (Å²) in [6, 6.07) is 4.35. The van der Waals surface area contributed by atoms with E-state index in [0.29, 0.717) is 24.9 Å². The number of anilines is 2. The summed E-state index contributed by atoms with van der Waals surface area (Å²) in [5, 5.41) is -0.456. The molecule has 2 fully saturated rings. The van der Waals surface area contributed by atoms with E-state index in [1.807, 2.05) is 9.62 Å². The predicted octanol–water partition coefficient (Wildman–Crippen LogP) is 4.12. The van der Waals surface area contributed by atoms with Crippen LogP contribution in [0.1, 0.15) is 19.3 Å². The van der Waals surface area contributed by atoms with Crippen molar-refractivity contribution >= 4 is 33.1 Å². The van der Waals surface area contributed by atoms with Gasteiger partial charge in [0.2, 0.25) is 5.95 Å². The highest BCUT2D eigenvalue weighted by molar-refractivity contribution is 7.92. The molecule has 2 aromatic rings. The van der Waals surface area contributed by atoms with Gasteiger partial charge in [-0.2, -0.15) is 4.39 Å². The van der Waals surface area contributed by atoms with Crippen LogP contribution in [0.15, 0.2) is 29.2 Å². The molecule has 0 amide bonds. The summed E-state index contributed by atoms with van der Waals surface area (Å²) < 4.78 is 70.2. The second kappa shape index (κ2) is 9.07. The standard InChI is InChI=1S/C21H24ClF3N4O2S/c1-28-8-5-13(6-9-28)14-7-10-29(12-14)16-11-15(23)21(20(25)19(16)22)32(30,31)27-18-4-2-3-17(24)26-18/h2-4,11,13-14H,5-10,12H2,1H3,(H,26,27). The molecule has 3 heterocycles. The zero-order valence-corrected chi connectivity index (χ0v) is 19.1. The minimum absolute atomic E-state index is 0.139. The van der Waals surface area contributed by atoms with Gasteiger partial charge in [0.05, 0.1) is 5.69 Å². The molecular formula is C21H24ClF3N4O2S. The Bertz CT molecular complexity index is 1110. The normalized spacial score (nSPS) is 20.7. The Kier molecular flexibility index (Phi) is 6.56. The van der Waals surface area contributed by atoms with Crippen LogP contribution in [0.2, 0.25) is 5.02 Å². The molecule has 32 heavy (non-hydrogen) atoms. The van der Waals surface area contributed by atoms with E-state index in [0.717, 1.165) is 44.5 Å². The summed E-state index contributed by atoms with van der Waals surface area (Å²) in [5.74, 6) is -3.04. The number of sulfonamides is 1. The van der Waals surface area contributed by atoms with Gasteiger partial charge < -0.3 is 9.80 Å². The van der Waals surface area contributed by atoms with Crippen LogP contribution < -0.4 is 9.62 Å². The number of aromatic nitrogens is 1. The van der Waals surface area contributed by atoms with Crippen molar-refractivity contribution in [3.8, 4) is 0 Å². The van der Waals surface area contributed by atoms with E-state index in [-0.39, 0.29) is 5.69 Å². The molecule has 1 unspecified atom stereocenters. The van der Waals surface area contributed by atoms with Crippen molar-refractivity contribution in [2.24, 2.45) is 11.8 Å². The maximum absolute atomic E-state index is 15.0. The summed E-state index contributed by atoms with van der Waals surface area (Å²) in [7, 11) is -2.63. The summed E-state index contributed by atoms with van der Waals surface area (Å²) in [6.45, 7) is 3.27. The van der Waals surface area contributed by atoms with Gasteiger partial charge in [0.25, 0.3) is 10.0 Å². The fourth-order valence-electron chi connectivity index (χ4n) is 4.59. The molecule has 1 aromatic heterocycles. The Morgan fingerprint density at radius 1 is 1.09 bits per heavy atom. The van der Waals surface area contributed by atoms with Crippen LogP contribution in [0.4, 0.5) is 24.7 Å². The van der Waals surface area contributed by atoms with Gasteiger partial charge in [-0.25, -0.2) is 22.2 Å². The number of pyridine rings is 1. The maximum atomic E-state index is 15.0. The number of piperidine rings is 1. The first-order valence-electron chi connectivity index (χ1n) is 10.4. The van der Waals surface area contributed by atoms with Crippen molar-refractivity contribution in [2.75, 3.05) is 42.8 Å². The monoisotopic (exact) mass is 488 g/mol. The molecule has 0 radical (unpaired) electrons. The molecule has 0 saturated carbocycles. The first kappa shape index (κ1) is 23.1. The number of benzene rings is 1. The second-order valence-corrected chi connectivity index (χ2v) is 10.4. The maximum Gasteiger partial charge on any atom is 0.268 e. The van der Waals surface area contributed by atoms with Crippen molar-refractivity contribution in [3.63, 3.8) is 0 Å². The number of hydrogen-bond acceptors (Lipinski definition) is 5. The van der Waals surface area contributed by atoms with E-state index >= 15 is 4.39 Å². The van der Waals surface area contributed by atoms with Gasteiger partial charge in [-0.3, -0.25) is 4.72 Å². The molecule has 2 saturated heterocycles. The van der Waals surface area contributed by atoms with Crippen LogP contribution in [-0.4, -0.2) is 51.5 Å². The highest BCUT2D eigenvalue weighted by Crippen LogP contribution is 2.39. The minimum Gasteiger partial charge on any atom is -0.370 e. The Morgan fingerprint density at radius 2 is 1.78 bits per heavy atom. The van der Waals surface area contributed by atoms with Crippen LogP contribution in [0.3, 0.4) is 0 Å². The van der Waals surface area contributed by atoms with Crippen LogP contribution in [0.5, 0.6) is 0 Å². The fourth-order valence-corrected chi connectivity index (χ4v) is 6.06. The number of rotatable bonds is 5. The average molecular weight is 489 g/mol. The Hall–Kier alpha value is -2.04. The van der Waals surface area contributed by atoms with E-state index < -0.39 is 43.3 Å². The molecule has 6 nitrogen and oxygen atoms in total. The number of hydrogen-bond donors (Lipinski definition) is 1. The van der Waals surface area contributed by atoms with Crippen molar-refractivity contribution < 1.29 is 21.6 Å². The van der Waals surface area contributed by atoms with Gasteiger partial charge in [-0.15, -0.1) is 0 Å². The van der Waals surface area contributed by atoms with Crippen LogP contribution in [-0.2, 0) is 10.0 Å². The van der Waals surface area contributed by atoms with Gasteiger partial charge in [0, 0.05) is 19.2 Å². The molecule has 1 aromatic carbocycles. The first-order chi connectivity index (χ1) is 15.2. The summed E-state index contributed by atoms with van der Waals surface area (Å²) in [5.41, 5.74) is 0.139. The third-order valence-corrected chi connectivity index (χ3v) is 8.06. The van der Waals surface area contributed by atoms with E-state index in [9.17, 15) is 17.2 Å². The molecule has 0 spiro atoms. The van der Waals surface area contributed by atoms with Crippen LogP contribution in [0, 0.1) is 29.4 Å². The van der Waals surface area contributed by atoms with E-state index in [2.05, 4.69) is 16.9 Å². The predicted molar refractivity (Wildman–Crippen MR) is 117 cm³/mol. The Balaban J connectivity index is 1.56. The highest BCUT2D eigenvalue weighted by atomic mass is 35.5. The largest absolute Gasteiger partial charge is 0.370 e. The second-order valence-electron chi connectivity index (χ2n) is 8.42. The van der Waals surface area contributed by atoms with Crippen molar-refractivity contribution in [1.82, 2.24) is 9.88 Å². The molecule has 0 aliphatic carbocycles. The first-order valence-corrected chi connectivity index (χ1v) is 12.3. The summed E-state index contributed by atoms with van der Waals surface area (Å²) >= 11 is 6.18. The van der Waals surface area contributed by atoms with Crippen molar-refractivity contribution in [3.05, 3.63) is 46.9 Å². The smallest absolute Gasteiger partial charge is 0.268 e. The summed E-state index contributed by atoms with van der Waals surface area (Å²) in [4.78, 5) is 6.24. The van der Waals surface area contributed by atoms with Gasteiger partial charge in [0.1, 0.15) is 16.7 Å². The van der Waals surface area contributed by atoms with Crippen LogP contribution in [0.25, 0.3) is 0 Å². The van der Waals surface area contributed by atoms with Crippen molar-refractivity contribution in [1.29, 1.82) is 0 Å². The Labute approximate surface area is 190 Å². The SMILES string of the molecule is CN1CCC(C2CCN(c3cc(F)c(S(=O)(=O)Nc4cccc(F)n4)c(F)c3Cl)C2)CC1. The molecule has 2 aliphatic heterocycles. The molecule has 11 heteroatoms. The molecule has 0 bridgehead atoms. The molecule has 4 rings (SSSR count). The molecule has 1 N–H and O–H groups in total. The molecule has 1 atom stereocenters. The lowest BCUT2D eigenvalue weighted by atomic mass is 9.84. The van der Waals surface area contributed by atoms with E-state index in [4.69, 9.17) is 11.6 Å². The third-order valence-electron chi connectivity index (χ3n) is 6.32. The number of nitrogens with zero attached hydrogens (tertiary/aromatic N) is 3. The number of nitrogens with one attached hydrogen (secondary N) is 1. The lowest BCUT2D eigenvalue weighted by Crippen LogP contribution is -2.34. The average Bonchev–Trinajstić information content (AvgIpc) is 3.20. The molecule has 174 valence electrons. The van der Waals surface area contributed by atoms with E-state index in [1.54, 1.807) is 0 Å². The minimum atomic E-state index is -4.72. The molecular weight excluding hydrogens is 465 g/mol. The zero-order chi connectivity index (χ0) is 23.0. The number of likely N-dealkylation sites (tertiary alicyclic amines) is 1. The van der Waals surface area contributed by atoms with Gasteiger partial charge in [-0.05, 0) is 63.4 Å². The van der Waals surface area contributed by atoms with E-state index in [1.165, 1.54) is 12.1 Å². The Morgan fingerprint density at radius 3 is 2.47 bits per heavy atom. The van der Waals surface area contributed by atoms with Gasteiger partial charge >= 0.3 is 0 Å². The van der Waals surface area contributed by atoms with Crippen LogP contribution >= 0.6 is 11.6 Å². The van der Waals surface area contributed by atoms with Gasteiger partial charge in [0.15, 0.2) is 10.7 Å². The number of halogens is 4. The van der Waals surface area contributed by atoms with Gasteiger partial charge in [-0.1, -0.05) is 17.7 Å². The lowest BCUT2D eigenvalue weighted by molar-refractivity contribution is 0.178.